The molecular weight excluding hydrogens is 416 g/mol. The summed E-state index contributed by atoms with van der Waals surface area (Å²) >= 11 is 5.94. The van der Waals surface area contributed by atoms with E-state index in [1.165, 1.54) is 0 Å². The first-order valence-electron chi connectivity index (χ1n) is 10.4. The number of nitrogens with zero attached hydrogens (tertiary/aromatic N) is 2. The van der Waals surface area contributed by atoms with Crippen molar-refractivity contribution >= 4 is 34.8 Å². The standard InChI is InChI=1S/C23H25ClN4O3/c1-2-31-19-9-7-18(8-10-19)25-20(29)15-28-13-11-23(12-14-28)26-21(22(30)27-23)16-3-5-17(24)6-4-16/h3-10H,2,11-15H2,1H3,(H,25,29)(H,27,30). The molecule has 2 aromatic carbocycles. The number of benzene rings is 2. The van der Waals surface area contributed by atoms with Crippen LogP contribution in [0.5, 0.6) is 5.75 Å². The Balaban J connectivity index is 1.31. The van der Waals surface area contributed by atoms with Crippen LogP contribution in [-0.4, -0.2) is 54.3 Å². The molecule has 2 aliphatic heterocycles. The lowest BCUT2D eigenvalue weighted by Gasteiger charge is -2.36. The Morgan fingerprint density at radius 1 is 1.16 bits per heavy atom. The Kier molecular flexibility index (Phi) is 6.25. The van der Waals surface area contributed by atoms with Crippen LogP contribution in [0.15, 0.2) is 53.5 Å². The lowest BCUT2D eigenvalue weighted by Crippen LogP contribution is -2.52. The SMILES string of the molecule is CCOc1ccc(NC(=O)CN2CCC3(CC2)N=C(c2ccc(Cl)cc2)C(=O)N3)cc1. The summed E-state index contributed by atoms with van der Waals surface area (Å²) in [7, 11) is 0. The largest absolute Gasteiger partial charge is 0.494 e. The molecule has 1 spiro atoms. The number of amides is 2. The van der Waals surface area contributed by atoms with E-state index in [4.69, 9.17) is 21.3 Å². The van der Waals surface area contributed by atoms with Crippen LogP contribution in [0.4, 0.5) is 5.69 Å². The molecule has 0 radical (unpaired) electrons. The monoisotopic (exact) mass is 440 g/mol. The van der Waals surface area contributed by atoms with Gasteiger partial charge in [-0.15, -0.1) is 0 Å². The number of hydrogen-bond donors (Lipinski definition) is 2. The van der Waals surface area contributed by atoms with Gasteiger partial charge in [0.15, 0.2) is 0 Å². The van der Waals surface area contributed by atoms with Crippen LogP contribution >= 0.6 is 11.6 Å². The zero-order valence-electron chi connectivity index (χ0n) is 17.4. The van der Waals surface area contributed by atoms with E-state index in [0.29, 0.717) is 49.8 Å². The molecule has 2 aromatic rings. The Labute approximate surface area is 186 Å². The summed E-state index contributed by atoms with van der Waals surface area (Å²) in [5.74, 6) is 0.545. The van der Waals surface area contributed by atoms with Crippen LogP contribution in [-0.2, 0) is 9.59 Å². The molecule has 0 aliphatic carbocycles. The van der Waals surface area contributed by atoms with E-state index in [1.807, 2.05) is 31.2 Å². The summed E-state index contributed by atoms with van der Waals surface area (Å²) in [6, 6.07) is 14.4. The van der Waals surface area contributed by atoms with Gasteiger partial charge in [-0.3, -0.25) is 19.5 Å². The first-order chi connectivity index (χ1) is 15.0. The van der Waals surface area contributed by atoms with Gasteiger partial charge in [0.1, 0.15) is 17.1 Å². The van der Waals surface area contributed by atoms with E-state index in [0.717, 1.165) is 17.0 Å². The molecule has 2 amide bonds. The molecule has 0 unspecified atom stereocenters. The Morgan fingerprint density at radius 2 is 1.84 bits per heavy atom. The molecule has 2 heterocycles. The second-order valence-corrected chi connectivity index (χ2v) is 8.17. The van der Waals surface area contributed by atoms with Gasteiger partial charge in [-0.2, -0.15) is 0 Å². The molecule has 0 saturated carbocycles. The van der Waals surface area contributed by atoms with Crippen molar-refractivity contribution in [2.45, 2.75) is 25.4 Å². The molecule has 162 valence electrons. The van der Waals surface area contributed by atoms with Crippen molar-refractivity contribution in [2.75, 3.05) is 31.6 Å². The van der Waals surface area contributed by atoms with Gasteiger partial charge in [0.25, 0.3) is 5.91 Å². The Bertz CT molecular complexity index is 981. The summed E-state index contributed by atoms with van der Waals surface area (Å²) in [5.41, 5.74) is 1.35. The number of nitrogens with one attached hydrogen (secondary N) is 2. The molecule has 2 N–H and O–H groups in total. The molecule has 8 heteroatoms. The van der Waals surface area contributed by atoms with Crippen molar-refractivity contribution in [3.05, 3.63) is 59.1 Å². The maximum Gasteiger partial charge on any atom is 0.272 e. The number of piperidine rings is 1. The molecule has 2 aliphatic rings. The fourth-order valence-electron chi connectivity index (χ4n) is 3.89. The van der Waals surface area contributed by atoms with Gasteiger partial charge in [0.2, 0.25) is 5.91 Å². The van der Waals surface area contributed by atoms with Crippen LogP contribution in [0.3, 0.4) is 0 Å². The van der Waals surface area contributed by atoms with E-state index in [-0.39, 0.29) is 11.8 Å². The molecule has 31 heavy (non-hydrogen) atoms. The van der Waals surface area contributed by atoms with Crippen molar-refractivity contribution < 1.29 is 14.3 Å². The summed E-state index contributed by atoms with van der Waals surface area (Å²) < 4.78 is 5.41. The van der Waals surface area contributed by atoms with E-state index in [9.17, 15) is 9.59 Å². The van der Waals surface area contributed by atoms with Crippen molar-refractivity contribution in [1.29, 1.82) is 0 Å². The topological polar surface area (TPSA) is 83.0 Å². The number of carbonyl (C=O) groups excluding carboxylic acids is 2. The Morgan fingerprint density at radius 3 is 2.48 bits per heavy atom. The third kappa shape index (κ3) is 5.06. The minimum Gasteiger partial charge on any atom is -0.494 e. The van der Waals surface area contributed by atoms with Crippen molar-refractivity contribution in [1.82, 2.24) is 10.2 Å². The number of halogens is 1. The lowest BCUT2D eigenvalue weighted by atomic mass is 9.98. The highest BCUT2D eigenvalue weighted by molar-refractivity contribution is 6.47. The van der Waals surface area contributed by atoms with Gasteiger partial charge < -0.3 is 15.4 Å². The number of aliphatic imine (C=N–C) groups is 1. The molecule has 1 saturated heterocycles. The van der Waals surface area contributed by atoms with Gasteiger partial charge >= 0.3 is 0 Å². The minimum absolute atomic E-state index is 0.0686. The minimum atomic E-state index is -0.589. The average Bonchev–Trinajstić information content (AvgIpc) is 3.08. The third-order valence-corrected chi connectivity index (χ3v) is 5.76. The van der Waals surface area contributed by atoms with Crippen molar-refractivity contribution in [2.24, 2.45) is 4.99 Å². The summed E-state index contributed by atoms with van der Waals surface area (Å²) in [5, 5.41) is 6.58. The normalized spacial score (nSPS) is 17.9. The van der Waals surface area contributed by atoms with Gasteiger partial charge in [-0.05, 0) is 43.3 Å². The van der Waals surface area contributed by atoms with Crippen LogP contribution < -0.4 is 15.4 Å². The van der Waals surface area contributed by atoms with Crippen LogP contribution in [0.1, 0.15) is 25.3 Å². The van der Waals surface area contributed by atoms with Gasteiger partial charge in [0.05, 0.1) is 13.2 Å². The van der Waals surface area contributed by atoms with Crippen LogP contribution in [0.25, 0.3) is 0 Å². The summed E-state index contributed by atoms with van der Waals surface area (Å²) in [4.78, 5) is 31.7. The second-order valence-electron chi connectivity index (χ2n) is 7.73. The van der Waals surface area contributed by atoms with Gasteiger partial charge in [-0.25, -0.2) is 0 Å². The van der Waals surface area contributed by atoms with Crippen LogP contribution in [0.2, 0.25) is 5.02 Å². The average molecular weight is 441 g/mol. The number of rotatable bonds is 6. The highest BCUT2D eigenvalue weighted by Crippen LogP contribution is 2.29. The number of hydrogen-bond acceptors (Lipinski definition) is 5. The Hall–Kier alpha value is -2.90. The first kappa shape index (κ1) is 21.3. The molecule has 0 aromatic heterocycles. The lowest BCUT2D eigenvalue weighted by molar-refractivity contribution is -0.119. The predicted octanol–water partition coefficient (Wildman–Crippen LogP) is 3.09. The smallest absolute Gasteiger partial charge is 0.272 e. The fourth-order valence-corrected chi connectivity index (χ4v) is 4.02. The second kappa shape index (κ2) is 9.08. The molecule has 0 atom stereocenters. The zero-order valence-corrected chi connectivity index (χ0v) is 18.1. The van der Waals surface area contributed by atoms with Crippen molar-refractivity contribution in [3.8, 4) is 5.75 Å². The maximum absolute atomic E-state index is 12.5. The van der Waals surface area contributed by atoms with E-state index in [1.54, 1.807) is 24.3 Å². The van der Waals surface area contributed by atoms with E-state index in [2.05, 4.69) is 15.5 Å². The quantitative estimate of drug-likeness (QED) is 0.723. The predicted molar refractivity (Wildman–Crippen MR) is 121 cm³/mol. The number of anilines is 1. The van der Waals surface area contributed by atoms with Crippen LogP contribution in [0, 0.1) is 0 Å². The zero-order chi connectivity index (χ0) is 21.8. The number of carbonyl (C=O) groups is 2. The van der Waals surface area contributed by atoms with Gasteiger partial charge in [0, 0.05) is 42.2 Å². The van der Waals surface area contributed by atoms with Gasteiger partial charge in [-0.1, -0.05) is 23.7 Å². The third-order valence-electron chi connectivity index (χ3n) is 5.50. The molecule has 4 rings (SSSR count). The number of ether oxygens (including phenoxy) is 1. The summed E-state index contributed by atoms with van der Waals surface area (Å²) in [6.07, 6.45) is 1.32. The summed E-state index contributed by atoms with van der Waals surface area (Å²) in [6.45, 7) is 4.18. The molecular formula is C23H25ClN4O3. The highest BCUT2D eigenvalue weighted by atomic mass is 35.5. The highest BCUT2D eigenvalue weighted by Gasteiger charge is 2.42. The van der Waals surface area contributed by atoms with Crippen molar-refractivity contribution in [3.63, 3.8) is 0 Å². The maximum atomic E-state index is 12.5. The molecule has 1 fully saturated rings. The van der Waals surface area contributed by atoms with E-state index >= 15 is 0 Å². The molecule has 0 bridgehead atoms. The molecule has 7 nitrogen and oxygen atoms in total. The number of likely N-dealkylation sites (tertiary alicyclic amines) is 1. The fraction of sp³-hybridized carbons (Fsp3) is 0.348. The first-order valence-corrected chi connectivity index (χ1v) is 10.8. The van der Waals surface area contributed by atoms with E-state index < -0.39 is 5.66 Å².